The minimum atomic E-state index is -1.10. The molecule has 7 nitrogen and oxygen atoms in total. The molecule has 1 heterocycles. The maximum Gasteiger partial charge on any atom is 0.407 e. The van der Waals surface area contributed by atoms with E-state index in [1.807, 2.05) is 38.1 Å². The molecule has 2 fully saturated rings. The minimum Gasteiger partial charge on any atom is -0.479 e. The number of aliphatic carboxylic acids is 1. The van der Waals surface area contributed by atoms with Crippen LogP contribution in [0.4, 0.5) is 4.79 Å². The van der Waals surface area contributed by atoms with E-state index in [9.17, 15) is 19.5 Å². The molecule has 2 unspecified atom stereocenters. The minimum absolute atomic E-state index is 0.00635. The van der Waals surface area contributed by atoms with Crippen molar-refractivity contribution in [1.82, 2.24) is 10.2 Å². The third kappa shape index (κ3) is 4.07. The number of carboxylic acid groups (broad SMARTS) is 1. The van der Waals surface area contributed by atoms with Crippen LogP contribution in [0.5, 0.6) is 0 Å². The molecule has 35 heavy (non-hydrogen) atoms. The number of alkyl carbamates (subject to hydrolysis) is 1. The summed E-state index contributed by atoms with van der Waals surface area (Å²) < 4.78 is 5.66. The number of nitrogens with zero attached hydrogens (tertiary/aromatic N) is 1. The van der Waals surface area contributed by atoms with Crippen LogP contribution < -0.4 is 5.32 Å². The van der Waals surface area contributed by atoms with Gasteiger partial charge in [-0.15, -0.1) is 0 Å². The number of carbonyl (C=O) groups is 3. The van der Waals surface area contributed by atoms with Crippen molar-refractivity contribution < 1.29 is 24.2 Å². The molecule has 0 aromatic heterocycles. The predicted molar refractivity (Wildman–Crippen MR) is 131 cm³/mol. The fourth-order valence-electron chi connectivity index (χ4n) is 6.03. The smallest absolute Gasteiger partial charge is 0.407 e. The Morgan fingerprint density at radius 2 is 1.71 bits per heavy atom. The molecule has 3 atom stereocenters. The topological polar surface area (TPSA) is 95.9 Å². The molecule has 7 heteroatoms. The number of benzene rings is 2. The van der Waals surface area contributed by atoms with Crippen LogP contribution in [0, 0.1) is 11.8 Å². The maximum atomic E-state index is 13.5. The molecule has 2 aliphatic carbocycles. The summed E-state index contributed by atoms with van der Waals surface area (Å²) in [5.41, 5.74) is 3.43. The molecule has 3 aliphatic rings. The quantitative estimate of drug-likeness (QED) is 0.617. The maximum absolute atomic E-state index is 13.5. The van der Waals surface area contributed by atoms with Crippen molar-refractivity contribution in [2.45, 2.75) is 57.0 Å². The fourth-order valence-corrected chi connectivity index (χ4v) is 6.03. The van der Waals surface area contributed by atoms with E-state index in [-0.39, 0.29) is 30.3 Å². The van der Waals surface area contributed by atoms with E-state index in [1.165, 1.54) is 4.90 Å². The van der Waals surface area contributed by atoms with Crippen molar-refractivity contribution in [3.05, 3.63) is 59.7 Å². The first-order chi connectivity index (χ1) is 16.8. The van der Waals surface area contributed by atoms with Crippen LogP contribution in [-0.4, -0.2) is 52.7 Å². The number of likely N-dealkylation sites (tertiary alicyclic amines) is 1. The number of piperidine rings is 1. The largest absolute Gasteiger partial charge is 0.479 e. The van der Waals surface area contributed by atoms with Crippen LogP contribution in [0.25, 0.3) is 11.1 Å². The van der Waals surface area contributed by atoms with Gasteiger partial charge >= 0.3 is 12.1 Å². The molecule has 1 aliphatic heterocycles. The lowest BCUT2D eigenvalue weighted by Crippen LogP contribution is -2.57. The SMILES string of the molecule is CC(C)C[C@@H](NC(=O)OCC1c2ccccc2-c2ccccc21)C(=O)N1CCCC2CC21C(=O)O. The highest BCUT2D eigenvalue weighted by Gasteiger charge is 2.67. The summed E-state index contributed by atoms with van der Waals surface area (Å²) in [4.78, 5) is 39.9. The van der Waals surface area contributed by atoms with Crippen molar-refractivity contribution in [2.24, 2.45) is 11.8 Å². The summed E-state index contributed by atoms with van der Waals surface area (Å²) in [6, 6.07) is 15.4. The molecule has 5 rings (SSSR count). The number of carboxylic acids is 1. The number of amides is 2. The Bertz CT molecular complexity index is 1120. The highest BCUT2D eigenvalue weighted by atomic mass is 16.5. The van der Waals surface area contributed by atoms with Gasteiger partial charge < -0.3 is 20.1 Å². The number of ether oxygens (including phenoxy) is 1. The summed E-state index contributed by atoms with van der Waals surface area (Å²) in [5, 5.41) is 12.6. The summed E-state index contributed by atoms with van der Waals surface area (Å²) >= 11 is 0. The number of hydrogen-bond acceptors (Lipinski definition) is 4. The van der Waals surface area contributed by atoms with Crippen molar-refractivity contribution in [3.8, 4) is 11.1 Å². The molecule has 2 aromatic rings. The van der Waals surface area contributed by atoms with Crippen LogP contribution in [0.1, 0.15) is 56.6 Å². The van der Waals surface area contributed by atoms with E-state index in [4.69, 9.17) is 4.74 Å². The second kappa shape index (κ2) is 9.02. The Hall–Kier alpha value is -3.35. The van der Waals surface area contributed by atoms with E-state index in [2.05, 4.69) is 29.6 Å². The molecule has 2 aromatic carbocycles. The van der Waals surface area contributed by atoms with E-state index in [1.54, 1.807) is 0 Å². The highest BCUT2D eigenvalue weighted by molar-refractivity contribution is 5.94. The summed E-state index contributed by atoms with van der Waals surface area (Å²) in [7, 11) is 0. The number of rotatable bonds is 7. The standard InChI is InChI=1S/C28H32N2O5/c1-17(2)14-24(25(31)30-13-7-8-18-15-28(18,30)26(32)33)29-27(34)35-16-23-21-11-5-3-9-19(21)20-10-4-6-12-22(20)23/h3-6,9-12,17-18,23-24H,7-8,13-16H2,1-2H3,(H,29,34)(H,32,33)/t18?,24-,28?/m1/s1. The molecule has 184 valence electrons. The molecule has 0 bridgehead atoms. The monoisotopic (exact) mass is 476 g/mol. The molecule has 0 radical (unpaired) electrons. The lowest BCUT2D eigenvalue weighted by atomic mass is 9.97. The Labute approximate surface area is 205 Å². The van der Waals surface area contributed by atoms with Crippen LogP contribution >= 0.6 is 0 Å². The van der Waals surface area contributed by atoms with Gasteiger partial charge in [-0.05, 0) is 59.8 Å². The molecule has 1 saturated carbocycles. The lowest BCUT2D eigenvalue weighted by molar-refractivity contribution is -0.155. The summed E-state index contributed by atoms with van der Waals surface area (Å²) in [5.74, 6) is -1.20. The molecule has 0 spiro atoms. The van der Waals surface area contributed by atoms with Gasteiger partial charge in [-0.3, -0.25) is 4.79 Å². The molecular formula is C28H32N2O5. The second-order valence-electron chi connectivity index (χ2n) is 10.4. The average Bonchev–Trinajstić information content (AvgIpc) is 3.53. The van der Waals surface area contributed by atoms with Crippen LogP contribution in [-0.2, 0) is 14.3 Å². The zero-order chi connectivity index (χ0) is 24.7. The second-order valence-corrected chi connectivity index (χ2v) is 10.4. The van der Waals surface area contributed by atoms with Crippen LogP contribution in [0.2, 0.25) is 0 Å². The highest BCUT2D eigenvalue weighted by Crippen LogP contribution is 2.54. The number of nitrogens with one attached hydrogen (secondary N) is 1. The third-order valence-corrected chi connectivity index (χ3v) is 7.77. The molecule has 2 amide bonds. The van der Waals surface area contributed by atoms with Gasteiger partial charge in [-0.2, -0.15) is 0 Å². The first-order valence-corrected chi connectivity index (χ1v) is 12.5. The van der Waals surface area contributed by atoms with Crippen molar-refractivity contribution >= 4 is 18.0 Å². The molecular weight excluding hydrogens is 444 g/mol. The zero-order valence-electron chi connectivity index (χ0n) is 20.2. The third-order valence-electron chi connectivity index (χ3n) is 7.77. The first kappa shape index (κ1) is 23.4. The van der Waals surface area contributed by atoms with Gasteiger partial charge in [-0.1, -0.05) is 62.4 Å². The number of hydrogen-bond donors (Lipinski definition) is 2. The Kier molecular flexibility index (Phi) is 6.03. The van der Waals surface area contributed by atoms with Gasteiger partial charge in [0.1, 0.15) is 18.2 Å². The Morgan fingerprint density at radius 3 is 2.31 bits per heavy atom. The first-order valence-electron chi connectivity index (χ1n) is 12.5. The van der Waals surface area contributed by atoms with Gasteiger partial charge in [0.2, 0.25) is 5.91 Å². The molecule has 2 N–H and O–H groups in total. The Morgan fingerprint density at radius 1 is 1.09 bits per heavy atom. The van der Waals surface area contributed by atoms with E-state index in [0.29, 0.717) is 19.4 Å². The average molecular weight is 477 g/mol. The summed E-state index contributed by atoms with van der Waals surface area (Å²) in [6.45, 7) is 4.52. The fraction of sp³-hybridized carbons (Fsp3) is 0.464. The Balaban J connectivity index is 1.29. The van der Waals surface area contributed by atoms with Crippen molar-refractivity contribution in [1.29, 1.82) is 0 Å². The van der Waals surface area contributed by atoms with Gasteiger partial charge in [0.05, 0.1) is 0 Å². The zero-order valence-corrected chi connectivity index (χ0v) is 20.2. The van der Waals surface area contributed by atoms with Crippen LogP contribution in [0.3, 0.4) is 0 Å². The van der Waals surface area contributed by atoms with Crippen molar-refractivity contribution in [3.63, 3.8) is 0 Å². The van der Waals surface area contributed by atoms with E-state index in [0.717, 1.165) is 35.1 Å². The van der Waals surface area contributed by atoms with Crippen LogP contribution in [0.15, 0.2) is 48.5 Å². The lowest BCUT2D eigenvalue weighted by Gasteiger charge is -2.36. The van der Waals surface area contributed by atoms with Gasteiger partial charge in [0.15, 0.2) is 0 Å². The number of carbonyl (C=O) groups excluding carboxylic acids is 2. The predicted octanol–water partition coefficient (Wildman–Crippen LogP) is 4.41. The molecule has 1 saturated heterocycles. The summed E-state index contributed by atoms with van der Waals surface area (Å²) in [6.07, 6.45) is 1.86. The van der Waals surface area contributed by atoms with E-state index < -0.39 is 23.6 Å². The van der Waals surface area contributed by atoms with Crippen molar-refractivity contribution in [2.75, 3.05) is 13.2 Å². The van der Waals surface area contributed by atoms with Gasteiger partial charge in [0, 0.05) is 12.5 Å². The van der Waals surface area contributed by atoms with Gasteiger partial charge in [-0.25, -0.2) is 9.59 Å². The van der Waals surface area contributed by atoms with Gasteiger partial charge in [0.25, 0.3) is 0 Å². The number of fused-ring (bicyclic) bond motifs is 4. The van der Waals surface area contributed by atoms with E-state index >= 15 is 0 Å². The normalized spacial score (nSPS) is 23.2.